The Morgan fingerprint density at radius 2 is 1.83 bits per heavy atom. The summed E-state index contributed by atoms with van der Waals surface area (Å²) in [5.74, 6) is 1.43. The van der Waals surface area contributed by atoms with E-state index in [9.17, 15) is 8.42 Å². The van der Waals surface area contributed by atoms with Crippen molar-refractivity contribution in [2.24, 2.45) is 0 Å². The number of hydrogen-bond donors (Lipinski definition) is 1. The second-order valence-corrected chi connectivity index (χ2v) is 7.45. The van der Waals surface area contributed by atoms with Crippen molar-refractivity contribution in [1.82, 2.24) is 13.9 Å². The minimum Gasteiger partial charge on any atom is -0.454 e. The number of rotatable bonds is 8. The van der Waals surface area contributed by atoms with Crippen molar-refractivity contribution in [1.29, 1.82) is 0 Å². The van der Waals surface area contributed by atoms with E-state index in [1.807, 2.05) is 18.2 Å². The normalized spacial score (nSPS) is 15.4. The summed E-state index contributed by atoms with van der Waals surface area (Å²) in [6, 6.07) is 5.68. The molecule has 0 spiro atoms. The lowest BCUT2D eigenvalue weighted by Gasteiger charge is -2.30. The molecule has 0 radical (unpaired) electrons. The van der Waals surface area contributed by atoms with Crippen molar-refractivity contribution in [3.63, 3.8) is 0 Å². The van der Waals surface area contributed by atoms with E-state index in [-0.39, 0.29) is 12.8 Å². The van der Waals surface area contributed by atoms with Crippen molar-refractivity contribution in [2.45, 2.75) is 19.9 Å². The summed E-state index contributed by atoms with van der Waals surface area (Å²) < 4.78 is 38.6. The summed E-state index contributed by atoms with van der Waals surface area (Å²) in [6.45, 7) is 6.27. The largest absolute Gasteiger partial charge is 0.454 e. The average Bonchev–Trinajstić information content (AvgIpc) is 2.98. The molecule has 130 valence electrons. The van der Waals surface area contributed by atoms with Gasteiger partial charge in [0, 0.05) is 26.7 Å². The Balaban J connectivity index is 2.24. The van der Waals surface area contributed by atoms with Crippen molar-refractivity contribution in [3.05, 3.63) is 23.8 Å². The number of nitrogens with zero attached hydrogens (tertiary/aromatic N) is 2. The van der Waals surface area contributed by atoms with E-state index in [4.69, 9.17) is 9.47 Å². The standard InChI is InChI=1S/C15H25N3O4S/c1-5-18(6-2)13(10-16-23(19,20)17(3)4)12-7-8-14-15(9-12)22-11-21-14/h7-9,13,16H,5-6,10-11H2,1-4H3. The van der Waals surface area contributed by atoms with E-state index >= 15 is 0 Å². The maximum absolute atomic E-state index is 12.0. The van der Waals surface area contributed by atoms with E-state index in [2.05, 4.69) is 23.5 Å². The Bertz CT molecular complexity index is 630. The monoisotopic (exact) mass is 343 g/mol. The van der Waals surface area contributed by atoms with Crippen LogP contribution in [0.5, 0.6) is 11.5 Å². The molecule has 1 N–H and O–H groups in total. The molecule has 1 atom stereocenters. The van der Waals surface area contributed by atoms with Gasteiger partial charge in [0.05, 0.1) is 0 Å². The summed E-state index contributed by atoms with van der Waals surface area (Å²) in [4.78, 5) is 2.20. The van der Waals surface area contributed by atoms with Crippen molar-refractivity contribution < 1.29 is 17.9 Å². The fraction of sp³-hybridized carbons (Fsp3) is 0.600. The zero-order valence-electron chi connectivity index (χ0n) is 14.1. The van der Waals surface area contributed by atoms with E-state index in [0.29, 0.717) is 12.3 Å². The van der Waals surface area contributed by atoms with E-state index in [0.717, 1.165) is 24.4 Å². The van der Waals surface area contributed by atoms with Crippen LogP contribution in [0, 0.1) is 0 Å². The highest BCUT2D eigenvalue weighted by molar-refractivity contribution is 7.87. The van der Waals surface area contributed by atoms with Gasteiger partial charge in [0.1, 0.15) is 0 Å². The van der Waals surface area contributed by atoms with Gasteiger partial charge in [-0.1, -0.05) is 19.9 Å². The molecular weight excluding hydrogens is 318 g/mol. The van der Waals surface area contributed by atoms with Gasteiger partial charge in [-0.15, -0.1) is 0 Å². The van der Waals surface area contributed by atoms with Crippen LogP contribution in [0.2, 0.25) is 0 Å². The maximum atomic E-state index is 12.0. The Kier molecular flexibility index (Phi) is 5.85. The first kappa shape index (κ1) is 18.0. The summed E-state index contributed by atoms with van der Waals surface area (Å²) in [5.41, 5.74) is 0.999. The van der Waals surface area contributed by atoms with Gasteiger partial charge in [-0.05, 0) is 30.8 Å². The molecule has 0 saturated carbocycles. The molecule has 1 aliphatic heterocycles. The third-order valence-corrected chi connectivity index (χ3v) is 5.47. The molecule has 0 bridgehead atoms. The van der Waals surface area contributed by atoms with Crippen molar-refractivity contribution in [3.8, 4) is 11.5 Å². The van der Waals surface area contributed by atoms with Crippen LogP contribution in [0.25, 0.3) is 0 Å². The van der Waals surface area contributed by atoms with Crippen molar-refractivity contribution >= 4 is 10.2 Å². The zero-order chi connectivity index (χ0) is 17.0. The molecule has 0 aromatic heterocycles. The molecule has 2 rings (SSSR count). The number of nitrogens with one attached hydrogen (secondary N) is 1. The molecule has 1 heterocycles. The van der Waals surface area contributed by atoms with E-state index < -0.39 is 10.2 Å². The maximum Gasteiger partial charge on any atom is 0.278 e. The Morgan fingerprint density at radius 3 is 2.43 bits per heavy atom. The van der Waals surface area contributed by atoms with Gasteiger partial charge in [-0.25, -0.2) is 4.72 Å². The van der Waals surface area contributed by atoms with Crippen LogP contribution in [-0.2, 0) is 10.2 Å². The van der Waals surface area contributed by atoms with Gasteiger partial charge in [0.25, 0.3) is 10.2 Å². The zero-order valence-corrected chi connectivity index (χ0v) is 14.9. The second-order valence-electron chi connectivity index (χ2n) is 5.49. The van der Waals surface area contributed by atoms with Crippen LogP contribution < -0.4 is 14.2 Å². The van der Waals surface area contributed by atoms with E-state index in [1.165, 1.54) is 18.4 Å². The third kappa shape index (κ3) is 4.14. The number of fused-ring (bicyclic) bond motifs is 1. The lowest BCUT2D eigenvalue weighted by atomic mass is 10.0. The van der Waals surface area contributed by atoms with Crippen LogP contribution >= 0.6 is 0 Å². The first-order valence-electron chi connectivity index (χ1n) is 7.69. The number of ether oxygens (including phenoxy) is 2. The summed E-state index contributed by atoms with van der Waals surface area (Å²) >= 11 is 0. The fourth-order valence-electron chi connectivity index (χ4n) is 2.56. The molecule has 1 unspecified atom stereocenters. The average molecular weight is 343 g/mol. The Labute approximate surface area is 138 Å². The van der Waals surface area contributed by atoms with Gasteiger partial charge in [-0.3, -0.25) is 4.90 Å². The highest BCUT2D eigenvalue weighted by Gasteiger charge is 2.24. The lowest BCUT2D eigenvalue weighted by Crippen LogP contribution is -2.42. The van der Waals surface area contributed by atoms with Crippen LogP contribution in [0.4, 0.5) is 0 Å². The SMILES string of the molecule is CCN(CC)C(CNS(=O)(=O)N(C)C)c1ccc2c(c1)OCO2. The molecule has 7 nitrogen and oxygen atoms in total. The molecule has 0 saturated heterocycles. The van der Waals surface area contributed by atoms with Gasteiger partial charge in [0.15, 0.2) is 11.5 Å². The number of benzene rings is 1. The van der Waals surface area contributed by atoms with Gasteiger partial charge >= 0.3 is 0 Å². The summed E-state index contributed by atoms with van der Waals surface area (Å²) in [7, 11) is -0.443. The molecule has 0 aliphatic carbocycles. The first-order valence-corrected chi connectivity index (χ1v) is 9.13. The highest BCUT2D eigenvalue weighted by atomic mass is 32.2. The predicted octanol–water partition coefficient (Wildman–Crippen LogP) is 1.19. The number of hydrogen-bond acceptors (Lipinski definition) is 5. The lowest BCUT2D eigenvalue weighted by molar-refractivity contribution is 0.173. The van der Waals surface area contributed by atoms with Crippen LogP contribution in [0.3, 0.4) is 0 Å². The quantitative estimate of drug-likeness (QED) is 0.768. The Morgan fingerprint density at radius 1 is 1.17 bits per heavy atom. The third-order valence-electron chi connectivity index (χ3n) is 3.97. The molecule has 23 heavy (non-hydrogen) atoms. The fourth-order valence-corrected chi connectivity index (χ4v) is 3.18. The molecule has 0 fully saturated rings. The van der Waals surface area contributed by atoms with Crippen LogP contribution in [-0.4, -0.2) is 58.1 Å². The first-order chi connectivity index (χ1) is 10.9. The highest BCUT2D eigenvalue weighted by Crippen LogP contribution is 2.35. The predicted molar refractivity (Wildman–Crippen MR) is 88.8 cm³/mol. The van der Waals surface area contributed by atoms with Crippen LogP contribution in [0.15, 0.2) is 18.2 Å². The second kappa shape index (κ2) is 7.48. The van der Waals surface area contributed by atoms with E-state index in [1.54, 1.807) is 0 Å². The molecule has 0 amide bonds. The topological polar surface area (TPSA) is 71.1 Å². The minimum absolute atomic E-state index is 0.0748. The van der Waals surface area contributed by atoms with Gasteiger partial charge in [-0.2, -0.15) is 12.7 Å². The van der Waals surface area contributed by atoms with Gasteiger partial charge in [0.2, 0.25) is 6.79 Å². The molecular formula is C15H25N3O4S. The summed E-state index contributed by atoms with van der Waals surface area (Å²) in [5, 5.41) is 0. The smallest absolute Gasteiger partial charge is 0.278 e. The molecule has 1 aromatic rings. The van der Waals surface area contributed by atoms with Crippen molar-refractivity contribution in [2.75, 3.05) is 40.5 Å². The molecule has 1 aliphatic rings. The number of likely N-dealkylation sites (N-methyl/N-ethyl adjacent to an activating group) is 1. The Hall–Kier alpha value is -1.35. The minimum atomic E-state index is -3.46. The van der Waals surface area contributed by atoms with Crippen LogP contribution in [0.1, 0.15) is 25.5 Å². The summed E-state index contributed by atoms with van der Waals surface area (Å²) in [6.07, 6.45) is 0. The molecule has 1 aromatic carbocycles. The van der Waals surface area contributed by atoms with Gasteiger partial charge < -0.3 is 9.47 Å². The molecule has 8 heteroatoms.